The monoisotopic (exact) mass is 355 g/mol. The van der Waals surface area contributed by atoms with E-state index in [-0.39, 0.29) is 18.3 Å². The fourth-order valence-corrected chi connectivity index (χ4v) is 3.24. The van der Waals surface area contributed by atoms with Crippen LogP contribution in [-0.4, -0.2) is 35.4 Å². The maximum atomic E-state index is 14.3. The van der Waals surface area contributed by atoms with Crippen LogP contribution in [0.4, 0.5) is 8.78 Å². The third-order valence-electron chi connectivity index (χ3n) is 3.51. The summed E-state index contributed by atoms with van der Waals surface area (Å²) in [4.78, 5) is 4.32. The van der Waals surface area contributed by atoms with Crippen LogP contribution in [-0.2, 0) is 0 Å². The predicted octanol–water partition coefficient (Wildman–Crippen LogP) is 5.36. The lowest BCUT2D eigenvalue weighted by molar-refractivity contribution is 0.345. The second-order valence-electron chi connectivity index (χ2n) is 5.32. The van der Waals surface area contributed by atoms with Gasteiger partial charge in [0.25, 0.3) is 0 Å². The number of alkyl halides is 1. The zero-order valence-corrected chi connectivity index (χ0v) is 15.7. The molecule has 1 aliphatic rings. The van der Waals surface area contributed by atoms with Gasteiger partial charge in [-0.25, -0.2) is 13.8 Å². The van der Waals surface area contributed by atoms with Gasteiger partial charge in [-0.2, -0.15) is 5.10 Å². The number of aryl methyl sites for hydroxylation is 1. The molecular weight excluding hydrogens is 328 g/mol. The van der Waals surface area contributed by atoms with E-state index < -0.39 is 6.17 Å². The normalized spacial score (nSPS) is 21.6. The summed E-state index contributed by atoms with van der Waals surface area (Å²) < 4.78 is 27.9. The summed E-state index contributed by atoms with van der Waals surface area (Å²) >= 11 is 1.65. The first-order valence-corrected chi connectivity index (χ1v) is 9.51. The minimum Gasteiger partial charge on any atom is -0.257 e. The zero-order chi connectivity index (χ0) is 18.1. The van der Waals surface area contributed by atoms with Gasteiger partial charge in [-0.15, -0.1) is 11.8 Å². The number of nitrogens with zero attached hydrogens (tertiary/aromatic N) is 3. The summed E-state index contributed by atoms with van der Waals surface area (Å²) in [6.07, 6.45) is 0.0869. The van der Waals surface area contributed by atoms with E-state index in [4.69, 9.17) is 0 Å². The highest BCUT2D eigenvalue weighted by molar-refractivity contribution is 7.99. The predicted molar refractivity (Wildman–Crippen MR) is 101 cm³/mol. The quantitative estimate of drug-likeness (QED) is 0.507. The fourth-order valence-electron chi connectivity index (χ4n) is 2.60. The van der Waals surface area contributed by atoms with Crippen LogP contribution in [0.1, 0.15) is 50.8 Å². The van der Waals surface area contributed by atoms with Crippen LogP contribution in [0.2, 0.25) is 0 Å². The van der Waals surface area contributed by atoms with Gasteiger partial charge in [0.05, 0.1) is 11.9 Å². The number of halogens is 2. The molecule has 0 aliphatic carbocycles. The number of hydrazone groups is 1. The Bertz CT molecular complexity index is 543. The lowest BCUT2D eigenvalue weighted by atomic mass is 10.0. The molecule has 1 aromatic rings. The van der Waals surface area contributed by atoms with Crippen molar-refractivity contribution in [3.63, 3.8) is 0 Å². The minimum absolute atomic E-state index is 0.221. The van der Waals surface area contributed by atoms with E-state index in [2.05, 4.69) is 23.7 Å². The molecule has 0 aromatic heterocycles. The highest BCUT2D eigenvalue weighted by atomic mass is 32.2. The van der Waals surface area contributed by atoms with Crippen molar-refractivity contribution in [2.45, 2.75) is 52.8 Å². The molecule has 24 heavy (non-hydrogen) atoms. The van der Waals surface area contributed by atoms with Gasteiger partial charge in [0.1, 0.15) is 5.82 Å². The standard InChI is InChI=1S/C16H21F2N3S.C2H6/c1-4-5-22-10-20-16-14(18)9-15(21(16)19-3)12-6-11(2)7-13(17)8-12;1-2/h6-8,14-15H,3-5,9-10H2,1-2H3;1-2H3/b20-16-;. The van der Waals surface area contributed by atoms with Crippen LogP contribution in [0.25, 0.3) is 0 Å². The maximum absolute atomic E-state index is 14.3. The van der Waals surface area contributed by atoms with Crippen molar-refractivity contribution in [2.24, 2.45) is 10.1 Å². The summed E-state index contributed by atoms with van der Waals surface area (Å²) in [7, 11) is 0. The number of amidine groups is 1. The molecule has 0 bridgehead atoms. The van der Waals surface area contributed by atoms with E-state index in [0.717, 1.165) is 17.7 Å². The molecule has 0 radical (unpaired) electrons. The van der Waals surface area contributed by atoms with Gasteiger partial charge >= 0.3 is 0 Å². The van der Waals surface area contributed by atoms with E-state index in [1.807, 2.05) is 26.8 Å². The summed E-state index contributed by atoms with van der Waals surface area (Å²) in [6, 6.07) is 4.38. The van der Waals surface area contributed by atoms with E-state index in [1.54, 1.807) is 11.8 Å². The first kappa shape index (κ1) is 20.6. The smallest absolute Gasteiger partial charge is 0.161 e. The lowest BCUT2D eigenvalue weighted by Crippen LogP contribution is -2.25. The fraction of sp³-hybridized carbons (Fsp3) is 0.556. The molecular formula is C18H27F2N3S. The Kier molecular flexibility index (Phi) is 8.97. The number of aliphatic imine (C=N–C) groups is 1. The molecule has 1 fully saturated rings. The van der Waals surface area contributed by atoms with Gasteiger partial charge in [0.15, 0.2) is 12.0 Å². The third kappa shape index (κ3) is 5.30. The Morgan fingerprint density at radius 2 is 2.04 bits per heavy atom. The molecule has 2 rings (SSSR count). The molecule has 0 amide bonds. The Labute approximate surface area is 148 Å². The van der Waals surface area contributed by atoms with Crippen molar-refractivity contribution in [2.75, 3.05) is 11.6 Å². The second-order valence-corrected chi connectivity index (χ2v) is 6.40. The van der Waals surface area contributed by atoms with Crippen LogP contribution >= 0.6 is 11.8 Å². The first-order valence-electron chi connectivity index (χ1n) is 8.36. The average Bonchev–Trinajstić information content (AvgIpc) is 2.88. The topological polar surface area (TPSA) is 28.0 Å². The van der Waals surface area contributed by atoms with Crippen LogP contribution in [0.3, 0.4) is 0 Å². The number of hydrogen-bond acceptors (Lipinski definition) is 3. The summed E-state index contributed by atoms with van der Waals surface area (Å²) in [5.74, 6) is 1.47. The molecule has 1 aliphatic heterocycles. The van der Waals surface area contributed by atoms with Crippen molar-refractivity contribution in [1.82, 2.24) is 5.01 Å². The molecule has 3 nitrogen and oxygen atoms in total. The number of benzene rings is 1. The molecule has 134 valence electrons. The summed E-state index contributed by atoms with van der Waals surface area (Å²) in [5.41, 5.74) is 1.51. The summed E-state index contributed by atoms with van der Waals surface area (Å²) in [5, 5.41) is 5.41. The van der Waals surface area contributed by atoms with Gasteiger partial charge in [0.2, 0.25) is 0 Å². The molecule has 0 N–H and O–H groups in total. The Hall–Kier alpha value is -1.43. The van der Waals surface area contributed by atoms with Crippen LogP contribution in [0, 0.1) is 12.7 Å². The Balaban J connectivity index is 0.00000139. The van der Waals surface area contributed by atoms with Crippen molar-refractivity contribution in [1.29, 1.82) is 0 Å². The van der Waals surface area contributed by atoms with E-state index >= 15 is 0 Å². The largest absolute Gasteiger partial charge is 0.257 e. The van der Waals surface area contributed by atoms with Gasteiger partial charge in [-0.3, -0.25) is 4.99 Å². The summed E-state index contributed by atoms with van der Waals surface area (Å²) in [6.45, 7) is 11.4. The third-order valence-corrected chi connectivity index (χ3v) is 4.52. The van der Waals surface area contributed by atoms with E-state index in [0.29, 0.717) is 17.3 Å². The molecule has 2 atom stereocenters. The van der Waals surface area contributed by atoms with Crippen molar-refractivity contribution < 1.29 is 8.78 Å². The highest BCUT2D eigenvalue weighted by Gasteiger charge is 2.38. The van der Waals surface area contributed by atoms with Gasteiger partial charge in [0, 0.05) is 13.1 Å². The molecule has 0 spiro atoms. The highest BCUT2D eigenvalue weighted by Crippen LogP contribution is 2.36. The zero-order valence-electron chi connectivity index (χ0n) is 14.9. The Morgan fingerprint density at radius 3 is 2.62 bits per heavy atom. The van der Waals surface area contributed by atoms with Crippen molar-refractivity contribution in [3.8, 4) is 0 Å². The van der Waals surface area contributed by atoms with Gasteiger partial charge < -0.3 is 0 Å². The number of thioether (sulfide) groups is 1. The second kappa shape index (κ2) is 10.4. The van der Waals surface area contributed by atoms with Crippen molar-refractivity contribution >= 4 is 24.3 Å². The number of hydrogen-bond donors (Lipinski definition) is 0. The van der Waals surface area contributed by atoms with Crippen molar-refractivity contribution in [3.05, 3.63) is 35.1 Å². The van der Waals surface area contributed by atoms with Crippen LogP contribution < -0.4 is 0 Å². The molecule has 1 aromatic carbocycles. The SMILES string of the molecule is C=NN1/C(=N\CSCCC)C(F)CC1c1cc(C)cc(F)c1.CC. The van der Waals surface area contributed by atoms with Gasteiger partial charge in [-0.1, -0.05) is 26.8 Å². The number of rotatable bonds is 6. The molecule has 1 saturated heterocycles. The lowest BCUT2D eigenvalue weighted by Gasteiger charge is -2.21. The Morgan fingerprint density at radius 1 is 1.33 bits per heavy atom. The van der Waals surface area contributed by atoms with E-state index in [1.165, 1.54) is 17.1 Å². The molecule has 1 heterocycles. The first-order chi connectivity index (χ1) is 11.6. The van der Waals surface area contributed by atoms with Crippen LogP contribution in [0.15, 0.2) is 28.3 Å². The average molecular weight is 355 g/mol. The van der Waals surface area contributed by atoms with Crippen LogP contribution in [0.5, 0.6) is 0 Å². The molecule has 2 unspecified atom stereocenters. The van der Waals surface area contributed by atoms with Gasteiger partial charge in [-0.05, 0) is 42.4 Å². The van der Waals surface area contributed by atoms with E-state index in [9.17, 15) is 8.78 Å². The maximum Gasteiger partial charge on any atom is 0.161 e. The minimum atomic E-state index is -1.19. The molecule has 6 heteroatoms. The molecule has 0 saturated carbocycles.